The topological polar surface area (TPSA) is 72.9 Å². The van der Waals surface area contributed by atoms with Crippen molar-refractivity contribution in [1.82, 2.24) is 15.1 Å². The van der Waals surface area contributed by atoms with E-state index in [4.69, 9.17) is 5.73 Å². The summed E-state index contributed by atoms with van der Waals surface area (Å²) in [4.78, 5) is 12.1. The summed E-state index contributed by atoms with van der Waals surface area (Å²) in [6, 6.07) is 1.88. The first-order chi connectivity index (χ1) is 8.27. The van der Waals surface area contributed by atoms with Gasteiger partial charge in [-0.3, -0.25) is 9.48 Å². The number of carbonyl (C=O) groups is 1. The standard InChI is InChI=1S/C12H20N4O.ClH/c13-10-12(4-1-2-5-12)11(17)14-7-9-16-8-3-6-15-16;/h3,6,8H,1-2,4-5,7,9-10,13H2,(H,14,17);1H. The van der Waals surface area contributed by atoms with Gasteiger partial charge in [0.1, 0.15) is 0 Å². The lowest BCUT2D eigenvalue weighted by molar-refractivity contribution is -0.130. The van der Waals surface area contributed by atoms with Crippen LogP contribution in [0.5, 0.6) is 0 Å². The van der Waals surface area contributed by atoms with E-state index in [9.17, 15) is 4.79 Å². The Morgan fingerprint density at radius 2 is 2.17 bits per heavy atom. The van der Waals surface area contributed by atoms with Crippen LogP contribution in [0, 0.1) is 5.41 Å². The van der Waals surface area contributed by atoms with Crippen LogP contribution in [0.15, 0.2) is 18.5 Å². The van der Waals surface area contributed by atoms with E-state index in [1.165, 1.54) is 0 Å². The molecule has 0 unspecified atom stereocenters. The minimum absolute atomic E-state index is 0. The minimum atomic E-state index is -0.301. The van der Waals surface area contributed by atoms with Gasteiger partial charge in [0.25, 0.3) is 0 Å². The van der Waals surface area contributed by atoms with Gasteiger partial charge >= 0.3 is 0 Å². The quantitative estimate of drug-likeness (QED) is 0.838. The second kappa shape index (κ2) is 6.75. The van der Waals surface area contributed by atoms with E-state index in [0.29, 0.717) is 19.6 Å². The fourth-order valence-corrected chi connectivity index (χ4v) is 2.48. The molecule has 0 bridgehead atoms. The third-order valence-corrected chi connectivity index (χ3v) is 3.62. The summed E-state index contributed by atoms with van der Waals surface area (Å²) >= 11 is 0. The Labute approximate surface area is 114 Å². The molecule has 3 N–H and O–H groups in total. The number of halogens is 1. The molecule has 1 aliphatic carbocycles. The second-order valence-electron chi connectivity index (χ2n) is 4.72. The molecule has 1 aliphatic rings. The maximum absolute atomic E-state index is 12.1. The van der Waals surface area contributed by atoms with Gasteiger partial charge in [0.15, 0.2) is 0 Å². The Hall–Kier alpha value is -1.07. The third-order valence-electron chi connectivity index (χ3n) is 3.62. The van der Waals surface area contributed by atoms with Gasteiger partial charge in [0, 0.05) is 25.5 Å². The first-order valence-electron chi connectivity index (χ1n) is 6.23. The molecule has 1 aromatic rings. The maximum Gasteiger partial charge on any atom is 0.227 e. The van der Waals surface area contributed by atoms with Crippen LogP contribution in [-0.4, -0.2) is 28.8 Å². The molecule has 5 nitrogen and oxygen atoms in total. The molecule has 102 valence electrons. The molecule has 1 fully saturated rings. The van der Waals surface area contributed by atoms with Gasteiger partial charge in [-0.1, -0.05) is 12.8 Å². The molecule has 0 spiro atoms. The van der Waals surface area contributed by atoms with E-state index in [0.717, 1.165) is 25.7 Å². The molecule has 1 amide bonds. The van der Waals surface area contributed by atoms with Crippen molar-refractivity contribution in [3.05, 3.63) is 18.5 Å². The van der Waals surface area contributed by atoms with Crippen LogP contribution in [-0.2, 0) is 11.3 Å². The molecule has 0 aromatic carbocycles. The van der Waals surface area contributed by atoms with E-state index in [1.807, 2.05) is 16.9 Å². The van der Waals surface area contributed by atoms with Gasteiger partial charge in [-0.15, -0.1) is 12.4 Å². The van der Waals surface area contributed by atoms with Gasteiger partial charge in [0.2, 0.25) is 5.91 Å². The molecule has 1 saturated carbocycles. The Bertz CT molecular complexity index is 360. The highest BCUT2D eigenvalue weighted by Gasteiger charge is 2.39. The fourth-order valence-electron chi connectivity index (χ4n) is 2.48. The monoisotopic (exact) mass is 272 g/mol. The molecule has 0 atom stereocenters. The molecule has 0 radical (unpaired) electrons. The Morgan fingerprint density at radius 1 is 1.44 bits per heavy atom. The predicted octanol–water partition coefficient (Wildman–Crippen LogP) is 0.940. The summed E-state index contributed by atoms with van der Waals surface area (Å²) in [6.45, 7) is 1.78. The average Bonchev–Trinajstić information content (AvgIpc) is 3.00. The van der Waals surface area contributed by atoms with Crippen LogP contribution >= 0.6 is 12.4 Å². The smallest absolute Gasteiger partial charge is 0.227 e. The Kier molecular flexibility index (Phi) is 5.62. The summed E-state index contributed by atoms with van der Waals surface area (Å²) in [6.07, 6.45) is 7.71. The molecule has 0 saturated heterocycles. The zero-order chi connectivity index (χ0) is 12.1. The minimum Gasteiger partial charge on any atom is -0.354 e. The zero-order valence-corrected chi connectivity index (χ0v) is 11.3. The average molecular weight is 273 g/mol. The van der Waals surface area contributed by atoms with E-state index < -0.39 is 0 Å². The second-order valence-corrected chi connectivity index (χ2v) is 4.72. The van der Waals surface area contributed by atoms with Crippen molar-refractivity contribution in [2.75, 3.05) is 13.1 Å². The zero-order valence-electron chi connectivity index (χ0n) is 10.5. The van der Waals surface area contributed by atoms with Crippen molar-refractivity contribution in [2.45, 2.75) is 32.2 Å². The van der Waals surface area contributed by atoms with Gasteiger partial charge in [0.05, 0.1) is 12.0 Å². The van der Waals surface area contributed by atoms with E-state index in [1.54, 1.807) is 6.20 Å². The molecule has 2 rings (SSSR count). The Balaban J connectivity index is 0.00000162. The summed E-state index contributed by atoms with van der Waals surface area (Å²) in [5.41, 5.74) is 5.46. The number of rotatable bonds is 5. The SMILES string of the molecule is Cl.NCC1(C(=O)NCCn2cccn2)CCCC1. The summed E-state index contributed by atoms with van der Waals surface area (Å²) in [5.74, 6) is 0.115. The molecule has 0 aliphatic heterocycles. The number of hydrogen-bond acceptors (Lipinski definition) is 3. The van der Waals surface area contributed by atoms with Crippen LogP contribution in [0.4, 0.5) is 0 Å². The van der Waals surface area contributed by atoms with Crippen molar-refractivity contribution >= 4 is 18.3 Å². The molecule has 1 heterocycles. The van der Waals surface area contributed by atoms with Crippen LogP contribution in [0.1, 0.15) is 25.7 Å². The predicted molar refractivity (Wildman–Crippen MR) is 72.4 cm³/mol. The van der Waals surface area contributed by atoms with Gasteiger partial charge < -0.3 is 11.1 Å². The van der Waals surface area contributed by atoms with Crippen molar-refractivity contribution in [3.63, 3.8) is 0 Å². The van der Waals surface area contributed by atoms with Gasteiger partial charge in [-0.05, 0) is 18.9 Å². The number of aromatic nitrogens is 2. The third kappa shape index (κ3) is 3.23. The first kappa shape index (κ1) is 15.0. The summed E-state index contributed by atoms with van der Waals surface area (Å²) in [7, 11) is 0. The summed E-state index contributed by atoms with van der Waals surface area (Å²) in [5, 5.41) is 7.06. The van der Waals surface area contributed by atoms with Gasteiger partial charge in [-0.2, -0.15) is 5.10 Å². The van der Waals surface area contributed by atoms with Crippen molar-refractivity contribution in [2.24, 2.45) is 11.1 Å². The largest absolute Gasteiger partial charge is 0.354 e. The van der Waals surface area contributed by atoms with E-state index in [-0.39, 0.29) is 23.7 Å². The lowest BCUT2D eigenvalue weighted by Crippen LogP contribution is -2.45. The normalized spacial score (nSPS) is 17.2. The van der Waals surface area contributed by atoms with Crippen LogP contribution in [0.2, 0.25) is 0 Å². The lowest BCUT2D eigenvalue weighted by atomic mass is 9.85. The highest BCUT2D eigenvalue weighted by Crippen LogP contribution is 2.37. The molecule has 6 heteroatoms. The Morgan fingerprint density at radius 3 is 2.72 bits per heavy atom. The number of amides is 1. The highest BCUT2D eigenvalue weighted by atomic mass is 35.5. The number of hydrogen-bond donors (Lipinski definition) is 2. The van der Waals surface area contributed by atoms with E-state index in [2.05, 4.69) is 10.4 Å². The molecule has 1 aromatic heterocycles. The van der Waals surface area contributed by atoms with Crippen molar-refractivity contribution < 1.29 is 4.79 Å². The van der Waals surface area contributed by atoms with Crippen LogP contribution < -0.4 is 11.1 Å². The van der Waals surface area contributed by atoms with Crippen LogP contribution in [0.25, 0.3) is 0 Å². The number of carbonyl (C=O) groups excluding carboxylic acids is 1. The van der Waals surface area contributed by atoms with Crippen molar-refractivity contribution in [1.29, 1.82) is 0 Å². The first-order valence-corrected chi connectivity index (χ1v) is 6.23. The molecule has 18 heavy (non-hydrogen) atoms. The maximum atomic E-state index is 12.1. The number of nitrogens with one attached hydrogen (secondary N) is 1. The van der Waals surface area contributed by atoms with Gasteiger partial charge in [-0.25, -0.2) is 0 Å². The lowest BCUT2D eigenvalue weighted by Gasteiger charge is -2.25. The fraction of sp³-hybridized carbons (Fsp3) is 0.667. The number of nitrogens with two attached hydrogens (primary N) is 1. The highest BCUT2D eigenvalue weighted by molar-refractivity contribution is 5.85. The molecular weight excluding hydrogens is 252 g/mol. The molecular formula is C12H21ClN4O. The van der Waals surface area contributed by atoms with E-state index >= 15 is 0 Å². The summed E-state index contributed by atoms with van der Waals surface area (Å²) < 4.78 is 1.81. The van der Waals surface area contributed by atoms with Crippen LogP contribution in [0.3, 0.4) is 0 Å². The van der Waals surface area contributed by atoms with Crippen molar-refractivity contribution in [3.8, 4) is 0 Å². The number of nitrogens with zero attached hydrogens (tertiary/aromatic N) is 2.